The van der Waals surface area contributed by atoms with Gasteiger partial charge in [0.15, 0.2) is 11.2 Å². The summed E-state index contributed by atoms with van der Waals surface area (Å²) < 4.78 is 8.63. The van der Waals surface area contributed by atoms with Crippen molar-refractivity contribution < 1.29 is 9.84 Å². The van der Waals surface area contributed by atoms with E-state index < -0.39 is 17.4 Å². The summed E-state index contributed by atoms with van der Waals surface area (Å²) in [6.45, 7) is 6.21. The molecule has 0 bridgehead atoms. The van der Waals surface area contributed by atoms with Crippen molar-refractivity contribution in [2.45, 2.75) is 19.6 Å². The number of hydrogen-bond acceptors (Lipinski definition) is 7. The number of aryl methyl sites for hydroxylation is 1. The number of piperazine rings is 1. The minimum atomic E-state index is -0.971. The Hall–Kier alpha value is -2.53. The number of nitrogens with one attached hydrogen (secondary N) is 1. The first kappa shape index (κ1) is 23.6. The third kappa shape index (κ3) is 4.89. The maximum absolute atomic E-state index is 12.7. The minimum Gasteiger partial charge on any atom is -0.489 e. The van der Waals surface area contributed by atoms with E-state index in [1.807, 2.05) is 0 Å². The Bertz CT molecular complexity index is 1260. The van der Waals surface area contributed by atoms with Crippen molar-refractivity contribution in [1.82, 2.24) is 24.0 Å². The Morgan fingerprint density at radius 1 is 1.21 bits per heavy atom. The number of benzene rings is 1. The summed E-state index contributed by atoms with van der Waals surface area (Å²) in [6, 6.07) is 4.83. The van der Waals surface area contributed by atoms with Crippen molar-refractivity contribution >= 4 is 40.3 Å². The number of anilines is 1. The SMILES string of the molecule is CCN1CCN(c2nc3c(c(=O)[nH]c(=O)n3C)n2C[C@@H](O)COc2ccc(Cl)cc2Cl)CC1. The van der Waals surface area contributed by atoms with Crippen LogP contribution in [-0.4, -0.2) is 74.5 Å². The number of likely N-dealkylation sites (N-methyl/N-ethyl adjacent to an activating group) is 1. The van der Waals surface area contributed by atoms with Crippen molar-refractivity contribution in [2.75, 3.05) is 44.2 Å². The second-order valence-electron chi connectivity index (χ2n) is 7.97. The average molecular weight is 497 g/mol. The molecule has 0 amide bonds. The molecule has 4 rings (SSSR count). The van der Waals surface area contributed by atoms with Crippen LogP contribution in [0.5, 0.6) is 5.75 Å². The predicted octanol–water partition coefficient (Wildman–Crippen LogP) is 1.31. The van der Waals surface area contributed by atoms with Gasteiger partial charge < -0.3 is 24.2 Å². The highest BCUT2D eigenvalue weighted by atomic mass is 35.5. The van der Waals surface area contributed by atoms with Gasteiger partial charge in [-0.15, -0.1) is 0 Å². The van der Waals surface area contributed by atoms with Crippen LogP contribution in [0.3, 0.4) is 0 Å². The van der Waals surface area contributed by atoms with Crippen molar-refractivity contribution in [1.29, 1.82) is 0 Å². The molecule has 178 valence electrons. The van der Waals surface area contributed by atoms with E-state index in [2.05, 4.69) is 26.7 Å². The minimum absolute atomic E-state index is 0.0479. The Morgan fingerprint density at radius 2 is 1.94 bits per heavy atom. The van der Waals surface area contributed by atoms with Crippen LogP contribution in [-0.2, 0) is 13.6 Å². The van der Waals surface area contributed by atoms with Gasteiger partial charge >= 0.3 is 5.69 Å². The van der Waals surface area contributed by atoms with E-state index in [1.165, 1.54) is 4.57 Å². The van der Waals surface area contributed by atoms with Gasteiger partial charge in [-0.3, -0.25) is 14.3 Å². The molecule has 1 aliphatic heterocycles. The number of nitrogens with zero attached hydrogens (tertiary/aromatic N) is 5. The van der Waals surface area contributed by atoms with Crippen LogP contribution in [0.2, 0.25) is 10.0 Å². The number of aliphatic hydroxyl groups is 1. The maximum Gasteiger partial charge on any atom is 0.329 e. The van der Waals surface area contributed by atoms with Gasteiger partial charge in [-0.25, -0.2) is 4.79 Å². The van der Waals surface area contributed by atoms with E-state index in [-0.39, 0.29) is 24.3 Å². The van der Waals surface area contributed by atoms with E-state index in [0.717, 1.165) is 32.7 Å². The first-order valence-corrected chi connectivity index (χ1v) is 11.5. The van der Waals surface area contributed by atoms with Crippen LogP contribution in [0, 0.1) is 0 Å². The number of imidazole rings is 1. The zero-order valence-electron chi connectivity index (χ0n) is 18.4. The Kier molecular flexibility index (Phi) is 6.99. The number of aromatic amines is 1. The molecule has 1 aliphatic rings. The highest BCUT2D eigenvalue weighted by Gasteiger charge is 2.26. The molecule has 0 unspecified atom stereocenters. The number of ether oxygens (including phenoxy) is 1. The maximum atomic E-state index is 12.7. The van der Waals surface area contributed by atoms with E-state index in [9.17, 15) is 14.7 Å². The fourth-order valence-electron chi connectivity index (χ4n) is 3.94. The molecule has 3 aromatic rings. The lowest BCUT2D eigenvalue weighted by atomic mass is 10.3. The summed E-state index contributed by atoms with van der Waals surface area (Å²) in [5.74, 6) is 0.933. The monoisotopic (exact) mass is 496 g/mol. The standard InChI is InChI=1S/C21H26Cl2N6O4/c1-3-27-6-8-28(9-7-27)20-24-18-17(19(31)25-21(32)26(18)2)29(20)11-14(30)12-33-16-5-4-13(22)10-15(16)23/h4-5,10,14,30H,3,6-9,11-12H2,1-2H3,(H,25,31,32)/t14-/m1/s1. The molecular formula is C21H26Cl2N6O4. The number of halogens is 2. The van der Waals surface area contributed by atoms with Gasteiger partial charge in [0.25, 0.3) is 5.56 Å². The number of aromatic nitrogens is 4. The molecule has 0 aliphatic carbocycles. The topological polar surface area (TPSA) is 109 Å². The summed E-state index contributed by atoms with van der Waals surface area (Å²) in [7, 11) is 1.55. The number of hydrogen-bond donors (Lipinski definition) is 2. The lowest BCUT2D eigenvalue weighted by molar-refractivity contribution is 0.0936. The first-order valence-electron chi connectivity index (χ1n) is 10.7. The molecular weight excluding hydrogens is 471 g/mol. The molecule has 0 spiro atoms. The third-order valence-electron chi connectivity index (χ3n) is 5.81. The Labute approximate surface area is 199 Å². The van der Waals surface area contributed by atoms with Gasteiger partial charge in [0.1, 0.15) is 18.5 Å². The van der Waals surface area contributed by atoms with Crippen LogP contribution in [0.4, 0.5) is 5.95 Å². The van der Waals surface area contributed by atoms with Crippen molar-refractivity contribution in [3.05, 3.63) is 49.1 Å². The zero-order valence-corrected chi connectivity index (χ0v) is 19.9. The second kappa shape index (κ2) is 9.76. The normalized spacial score (nSPS) is 15.8. The zero-order chi connectivity index (χ0) is 23.7. The molecule has 33 heavy (non-hydrogen) atoms. The largest absolute Gasteiger partial charge is 0.489 e. The summed E-state index contributed by atoms with van der Waals surface area (Å²) in [5, 5.41) is 11.6. The van der Waals surface area contributed by atoms with E-state index in [4.69, 9.17) is 27.9 Å². The Balaban J connectivity index is 1.64. The smallest absolute Gasteiger partial charge is 0.329 e. The third-order valence-corrected chi connectivity index (χ3v) is 6.34. The highest BCUT2D eigenvalue weighted by molar-refractivity contribution is 6.35. The summed E-state index contributed by atoms with van der Waals surface area (Å²) in [6.07, 6.45) is -0.971. The van der Waals surface area contributed by atoms with Crippen molar-refractivity contribution in [3.8, 4) is 5.75 Å². The highest BCUT2D eigenvalue weighted by Crippen LogP contribution is 2.28. The van der Waals surface area contributed by atoms with Crippen molar-refractivity contribution in [2.24, 2.45) is 7.05 Å². The van der Waals surface area contributed by atoms with Crippen LogP contribution < -0.4 is 20.9 Å². The molecule has 12 heteroatoms. The molecule has 1 aromatic carbocycles. The van der Waals surface area contributed by atoms with Crippen molar-refractivity contribution in [3.63, 3.8) is 0 Å². The number of fused-ring (bicyclic) bond motifs is 1. The van der Waals surface area contributed by atoms with Gasteiger partial charge in [0.05, 0.1) is 11.6 Å². The van der Waals surface area contributed by atoms with E-state index in [1.54, 1.807) is 29.8 Å². The summed E-state index contributed by atoms with van der Waals surface area (Å²) in [4.78, 5) is 36.2. The van der Waals surface area contributed by atoms with E-state index >= 15 is 0 Å². The molecule has 1 atom stereocenters. The van der Waals surface area contributed by atoms with Crippen LogP contribution >= 0.6 is 23.2 Å². The van der Waals surface area contributed by atoms with Crippen LogP contribution in [0.1, 0.15) is 6.92 Å². The quantitative estimate of drug-likeness (QED) is 0.507. The molecule has 3 heterocycles. The first-order chi connectivity index (χ1) is 15.8. The number of aliphatic hydroxyl groups excluding tert-OH is 1. The van der Waals surface area contributed by atoms with Gasteiger partial charge in [-0.05, 0) is 24.7 Å². The second-order valence-corrected chi connectivity index (χ2v) is 8.82. The van der Waals surface area contributed by atoms with E-state index in [0.29, 0.717) is 21.7 Å². The molecule has 1 saturated heterocycles. The number of rotatable bonds is 7. The fraction of sp³-hybridized carbons (Fsp3) is 0.476. The van der Waals surface area contributed by atoms with Gasteiger partial charge in [-0.2, -0.15) is 4.98 Å². The van der Waals surface area contributed by atoms with Gasteiger partial charge in [0, 0.05) is 38.2 Å². The van der Waals surface area contributed by atoms with Crippen LogP contribution in [0.25, 0.3) is 11.2 Å². The lowest BCUT2D eigenvalue weighted by Gasteiger charge is -2.35. The fourth-order valence-corrected chi connectivity index (χ4v) is 4.41. The lowest BCUT2D eigenvalue weighted by Crippen LogP contribution is -2.47. The Morgan fingerprint density at radius 3 is 2.61 bits per heavy atom. The number of H-pyrrole nitrogens is 1. The van der Waals surface area contributed by atoms with Gasteiger partial charge in [-0.1, -0.05) is 30.1 Å². The average Bonchev–Trinajstić information content (AvgIpc) is 3.16. The molecule has 2 aromatic heterocycles. The summed E-state index contributed by atoms with van der Waals surface area (Å²) >= 11 is 12.1. The van der Waals surface area contributed by atoms with Gasteiger partial charge in [0.2, 0.25) is 5.95 Å². The molecule has 2 N–H and O–H groups in total. The predicted molar refractivity (Wildman–Crippen MR) is 128 cm³/mol. The summed E-state index contributed by atoms with van der Waals surface area (Å²) in [5.41, 5.74) is -0.590. The molecule has 1 fully saturated rings. The molecule has 10 nitrogen and oxygen atoms in total. The molecule has 0 saturated carbocycles. The van der Waals surface area contributed by atoms with Crippen LogP contribution in [0.15, 0.2) is 27.8 Å². The molecule has 0 radical (unpaired) electrons.